The Morgan fingerprint density at radius 1 is 1.42 bits per heavy atom. The predicted molar refractivity (Wildman–Crippen MR) is 97.6 cm³/mol. The van der Waals surface area contributed by atoms with Crippen LogP contribution >= 0.6 is 0 Å². The summed E-state index contributed by atoms with van der Waals surface area (Å²) in [5.41, 5.74) is 7.41. The van der Waals surface area contributed by atoms with Gasteiger partial charge in [0.2, 0.25) is 0 Å². The minimum atomic E-state index is -0.177. The van der Waals surface area contributed by atoms with Gasteiger partial charge in [-0.05, 0) is 55.0 Å². The van der Waals surface area contributed by atoms with E-state index in [2.05, 4.69) is 4.98 Å². The Balaban J connectivity index is 1.65. The van der Waals surface area contributed by atoms with E-state index in [4.69, 9.17) is 10.5 Å². The first kappa shape index (κ1) is 18.3. The van der Waals surface area contributed by atoms with Crippen LogP contribution in [0.15, 0.2) is 36.5 Å². The Morgan fingerprint density at radius 3 is 3.04 bits per heavy atom. The van der Waals surface area contributed by atoms with Crippen molar-refractivity contribution in [3.05, 3.63) is 59.2 Å². The van der Waals surface area contributed by atoms with E-state index in [0.29, 0.717) is 49.2 Å². The molecular formula is C20H24FN3O2. The predicted octanol–water partition coefficient (Wildman–Crippen LogP) is 2.57. The van der Waals surface area contributed by atoms with Crippen molar-refractivity contribution < 1.29 is 13.9 Å². The molecule has 3 rings (SSSR count). The van der Waals surface area contributed by atoms with Crippen molar-refractivity contribution in [1.29, 1.82) is 0 Å². The lowest BCUT2D eigenvalue weighted by Crippen LogP contribution is -2.30. The molecule has 1 aliphatic rings. The molecule has 2 heterocycles. The van der Waals surface area contributed by atoms with Gasteiger partial charge in [0, 0.05) is 25.8 Å². The number of hydrogen-bond acceptors (Lipinski definition) is 4. The van der Waals surface area contributed by atoms with E-state index in [1.165, 1.54) is 0 Å². The molecule has 2 aromatic rings. The van der Waals surface area contributed by atoms with E-state index in [1.54, 1.807) is 42.3 Å². The average Bonchev–Trinajstić information content (AvgIpc) is 3.11. The molecule has 6 heteroatoms. The van der Waals surface area contributed by atoms with Gasteiger partial charge in [0.05, 0.1) is 0 Å². The zero-order valence-corrected chi connectivity index (χ0v) is 15.0. The highest BCUT2D eigenvalue weighted by Gasteiger charge is 2.29. The van der Waals surface area contributed by atoms with Crippen LogP contribution in [0.4, 0.5) is 4.39 Å². The van der Waals surface area contributed by atoms with Crippen molar-refractivity contribution in [2.45, 2.75) is 19.8 Å². The normalized spacial score (nSPS) is 16.7. The van der Waals surface area contributed by atoms with Gasteiger partial charge >= 0.3 is 0 Å². The summed E-state index contributed by atoms with van der Waals surface area (Å²) in [5, 5.41) is 0. The van der Waals surface area contributed by atoms with Crippen LogP contribution in [0.3, 0.4) is 0 Å². The van der Waals surface area contributed by atoms with E-state index in [-0.39, 0.29) is 11.7 Å². The number of carbonyl (C=O) groups excluding carboxylic acids is 1. The molecule has 1 aromatic carbocycles. The van der Waals surface area contributed by atoms with Gasteiger partial charge in [-0.1, -0.05) is 12.1 Å². The van der Waals surface area contributed by atoms with Crippen LogP contribution in [0, 0.1) is 18.7 Å². The minimum absolute atomic E-state index is 0.129. The molecule has 1 saturated heterocycles. The number of hydrogen-bond donors (Lipinski definition) is 1. The number of likely N-dealkylation sites (tertiary alicyclic amines) is 1. The lowest BCUT2D eigenvalue weighted by atomic mass is 9.98. The largest absolute Gasteiger partial charge is 0.490 e. The topological polar surface area (TPSA) is 68.5 Å². The molecule has 1 aliphatic heterocycles. The Kier molecular flexibility index (Phi) is 5.83. The highest BCUT2D eigenvalue weighted by Crippen LogP contribution is 2.25. The molecule has 1 aromatic heterocycles. The van der Waals surface area contributed by atoms with Gasteiger partial charge in [0.25, 0.3) is 5.91 Å². The number of amides is 1. The molecule has 138 valence electrons. The minimum Gasteiger partial charge on any atom is -0.490 e. The quantitative estimate of drug-likeness (QED) is 0.863. The lowest BCUT2D eigenvalue weighted by molar-refractivity contribution is 0.0776. The molecule has 26 heavy (non-hydrogen) atoms. The van der Waals surface area contributed by atoms with Gasteiger partial charge in [-0.2, -0.15) is 0 Å². The first-order valence-electron chi connectivity index (χ1n) is 8.90. The van der Waals surface area contributed by atoms with Gasteiger partial charge in [0.1, 0.15) is 12.4 Å². The number of halogens is 1. The Labute approximate surface area is 153 Å². The van der Waals surface area contributed by atoms with Gasteiger partial charge in [-0.25, -0.2) is 9.37 Å². The fraction of sp³-hybridized carbons (Fsp3) is 0.400. The number of nitrogens with two attached hydrogens (primary N) is 1. The van der Waals surface area contributed by atoms with Crippen LogP contribution in [0.1, 0.15) is 28.0 Å². The maximum atomic E-state index is 13.7. The standard InChI is InChI=1S/C20H24FN3O2/c1-14-4-5-15(12-17(14)21)11-16-6-9-24(13-16)20(25)19-18(26-10-7-22)3-2-8-23-19/h2-5,8,12,16H,6-7,9-11,13,22H2,1H3. The first-order valence-corrected chi connectivity index (χ1v) is 8.90. The van der Waals surface area contributed by atoms with Crippen molar-refractivity contribution in [2.75, 3.05) is 26.2 Å². The van der Waals surface area contributed by atoms with Crippen molar-refractivity contribution >= 4 is 5.91 Å². The Bertz CT molecular complexity index is 781. The first-order chi connectivity index (χ1) is 12.6. The highest BCUT2D eigenvalue weighted by atomic mass is 19.1. The Hall–Kier alpha value is -2.47. The van der Waals surface area contributed by atoms with E-state index < -0.39 is 0 Å². The number of nitrogens with zero attached hydrogens (tertiary/aromatic N) is 2. The van der Waals surface area contributed by atoms with Gasteiger partial charge in [0.15, 0.2) is 11.4 Å². The highest BCUT2D eigenvalue weighted by molar-refractivity contribution is 5.95. The van der Waals surface area contributed by atoms with Crippen LogP contribution in [0.25, 0.3) is 0 Å². The van der Waals surface area contributed by atoms with E-state index >= 15 is 0 Å². The molecule has 0 bridgehead atoms. The van der Waals surface area contributed by atoms with Crippen LogP contribution in [0.5, 0.6) is 5.75 Å². The molecule has 0 saturated carbocycles. The fourth-order valence-electron chi connectivity index (χ4n) is 3.27. The number of pyridine rings is 1. The van der Waals surface area contributed by atoms with Crippen molar-refractivity contribution in [3.8, 4) is 5.75 Å². The fourth-order valence-corrected chi connectivity index (χ4v) is 3.27. The zero-order chi connectivity index (χ0) is 18.5. The lowest BCUT2D eigenvalue weighted by Gasteiger charge is -2.18. The number of aryl methyl sites for hydroxylation is 1. The molecule has 0 radical (unpaired) electrons. The molecule has 0 spiro atoms. The molecular weight excluding hydrogens is 333 g/mol. The molecule has 1 amide bonds. The van der Waals surface area contributed by atoms with Crippen LogP contribution in [-0.2, 0) is 6.42 Å². The second-order valence-electron chi connectivity index (χ2n) is 6.68. The van der Waals surface area contributed by atoms with Crippen LogP contribution in [0.2, 0.25) is 0 Å². The number of ether oxygens (including phenoxy) is 1. The average molecular weight is 357 g/mol. The summed E-state index contributed by atoms with van der Waals surface area (Å²) in [6.45, 7) is 3.78. The summed E-state index contributed by atoms with van der Waals surface area (Å²) >= 11 is 0. The molecule has 0 aliphatic carbocycles. The van der Waals surface area contributed by atoms with E-state index in [0.717, 1.165) is 18.4 Å². The maximum absolute atomic E-state index is 13.7. The third kappa shape index (κ3) is 4.19. The van der Waals surface area contributed by atoms with Crippen molar-refractivity contribution in [1.82, 2.24) is 9.88 Å². The smallest absolute Gasteiger partial charge is 0.276 e. The monoisotopic (exact) mass is 357 g/mol. The van der Waals surface area contributed by atoms with Crippen molar-refractivity contribution in [2.24, 2.45) is 11.7 Å². The summed E-state index contributed by atoms with van der Waals surface area (Å²) in [6.07, 6.45) is 3.25. The molecule has 1 fully saturated rings. The van der Waals surface area contributed by atoms with Gasteiger partial charge < -0.3 is 15.4 Å². The summed E-state index contributed by atoms with van der Waals surface area (Å²) in [7, 11) is 0. The van der Waals surface area contributed by atoms with E-state index in [1.807, 2.05) is 6.07 Å². The number of aromatic nitrogens is 1. The second kappa shape index (κ2) is 8.27. The third-order valence-corrected chi connectivity index (χ3v) is 4.68. The van der Waals surface area contributed by atoms with Gasteiger partial charge in [-0.3, -0.25) is 4.79 Å². The Morgan fingerprint density at radius 2 is 2.27 bits per heavy atom. The summed E-state index contributed by atoms with van der Waals surface area (Å²) in [5.74, 6) is 0.476. The molecule has 5 nitrogen and oxygen atoms in total. The number of rotatable bonds is 6. The number of carbonyl (C=O) groups is 1. The summed E-state index contributed by atoms with van der Waals surface area (Å²) in [6, 6.07) is 8.83. The van der Waals surface area contributed by atoms with Crippen LogP contribution < -0.4 is 10.5 Å². The van der Waals surface area contributed by atoms with Gasteiger partial charge in [-0.15, -0.1) is 0 Å². The summed E-state index contributed by atoms with van der Waals surface area (Å²) in [4.78, 5) is 18.8. The SMILES string of the molecule is Cc1ccc(CC2CCN(C(=O)c3ncccc3OCCN)C2)cc1F. The third-order valence-electron chi connectivity index (χ3n) is 4.68. The number of benzene rings is 1. The molecule has 2 N–H and O–H groups in total. The molecule has 1 atom stereocenters. The zero-order valence-electron chi connectivity index (χ0n) is 15.0. The second-order valence-corrected chi connectivity index (χ2v) is 6.68. The summed E-state index contributed by atoms with van der Waals surface area (Å²) < 4.78 is 19.3. The maximum Gasteiger partial charge on any atom is 0.276 e. The van der Waals surface area contributed by atoms with Crippen LogP contribution in [-0.4, -0.2) is 42.0 Å². The molecule has 1 unspecified atom stereocenters. The van der Waals surface area contributed by atoms with Crippen molar-refractivity contribution in [3.63, 3.8) is 0 Å². The van der Waals surface area contributed by atoms with E-state index in [9.17, 15) is 9.18 Å².